The normalized spacial score (nSPS) is 12.0. The van der Waals surface area contributed by atoms with Gasteiger partial charge in [-0.2, -0.15) is 5.10 Å². The third kappa shape index (κ3) is 3.07. The van der Waals surface area contributed by atoms with Gasteiger partial charge in [-0.3, -0.25) is 9.78 Å². The maximum absolute atomic E-state index is 13.7. The minimum atomic E-state index is -1.05. The molecule has 0 saturated carbocycles. The molecular formula is C12H12F2N4O3. The lowest BCUT2D eigenvalue weighted by Crippen LogP contribution is -2.29. The summed E-state index contributed by atoms with van der Waals surface area (Å²) < 4.78 is 32.2. The average Bonchev–Trinajstić information content (AvgIpc) is 2.84. The maximum atomic E-state index is 13.7. The molecule has 1 aromatic heterocycles. The number of carbonyl (C=O) groups is 1. The van der Waals surface area contributed by atoms with Crippen molar-refractivity contribution >= 4 is 5.91 Å². The number of nitrogens with zero attached hydrogens (tertiary/aromatic N) is 1. The van der Waals surface area contributed by atoms with Gasteiger partial charge in [-0.15, -0.1) is 0 Å². The van der Waals surface area contributed by atoms with Crippen LogP contribution in [-0.2, 0) is 0 Å². The van der Waals surface area contributed by atoms with Crippen LogP contribution in [0.15, 0.2) is 16.9 Å². The first-order chi connectivity index (χ1) is 9.92. The van der Waals surface area contributed by atoms with Crippen LogP contribution in [0.1, 0.15) is 29.1 Å². The molecule has 9 heteroatoms. The Kier molecular flexibility index (Phi) is 4.01. The van der Waals surface area contributed by atoms with E-state index in [9.17, 15) is 18.4 Å². The van der Waals surface area contributed by atoms with Gasteiger partial charge in [0.15, 0.2) is 5.82 Å². The van der Waals surface area contributed by atoms with Gasteiger partial charge >= 0.3 is 5.69 Å². The molecule has 0 aliphatic heterocycles. The van der Waals surface area contributed by atoms with Crippen molar-refractivity contribution in [1.82, 2.24) is 20.5 Å². The molecule has 0 spiro atoms. The van der Waals surface area contributed by atoms with Crippen LogP contribution < -0.4 is 15.7 Å². The van der Waals surface area contributed by atoms with E-state index in [1.54, 1.807) is 0 Å². The summed E-state index contributed by atoms with van der Waals surface area (Å²) >= 11 is 0. The van der Waals surface area contributed by atoms with E-state index in [1.807, 2.05) is 0 Å². The summed E-state index contributed by atoms with van der Waals surface area (Å²) in [7, 11) is 1.25. The SMILES string of the molecule is COc1cc(F)c(C(=O)N[C@@H](C)c2n[nH]c(=O)[nH]2)c(F)c1. The maximum Gasteiger partial charge on any atom is 0.340 e. The Balaban J connectivity index is 2.23. The number of H-pyrrole nitrogens is 2. The molecule has 0 radical (unpaired) electrons. The molecule has 0 aliphatic carbocycles. The minimum absolute atomic E-state index is 0.0359. The zero-order valence-corrected chi connectivity index (χ0v) is 11.2. The van der Waals surface area contributed by atoms with E-state index in [0.717, 1.165) is 12.1 Å². The van der Waals surface area contributed by atoms with Crippen LogP contribution in [0, 0.1) is 11.6 Å². The lowest BCUT2D eigenvalue weighted by atomic mass is 10.1. The quantitative estimate of drug-likeness (QED) is 0.780. The Morgan fingerprint density at radius 1 is 1.38 bits per heavy atom. The summed E-state index contributed by atoms with van der Waals surface area (Å²) in [5.41, 5.74) is -1.28. The summed E-state index contributed by atoms with van der Waals surface area (Å²) in [5, 5.41) is 8.08. The number of ether oxygens (including phenoxy) is 1. The number of hydrogen-bond donors (Lipinski definition) is 3. The minimum Gasteiger partial charge on any atom is -0.497 e. The molecule has 1 atom stereocenters. The van der Waals surface area contributed by atoms with Crippen molar-refractivity contribution in [3.05, 3.63) is 45.6 Å². The summed E-state index contributed by atoms with van der Waals surface area (Å²) in [6, 6.07) is 1.07. The molecule has 1 heterocycles. The van der Waals surface area contributed by atoms with Crippen LogP contribution in [0.3, 0.4) is 0 Å². The van der Waals surface area contributed by atoms with E-state index in [-0.39, 0.29) is 11.6 Å². The third-order valence-corrected chi connectivity index (χ3v) is 2.76. The van der Waals surface area contributed by atoms with Crippen LogP contribution in [0.5, 0.6) is 5.75 Å². The van der Waals surface area contributed by atoms with Gasteiger partial charge in [0.1, 0.15) is 22.9 Å². The fourth-order valence-corrected chi connectivity index (χ4v) is 1.71. The number of carbonyl (C=O) groups excluding carboxylic acids is 1. The molecule has 21 heavy (non-hydrogen) atoms. The predicted molar refractivity (Wildman–Crippen MR) is 68.0 cm³/mol. The monoisotopic (exact) mass is 298 g/mol. The number of aromatic nitrogens is 3. The molecule has 0 fully saturated rings. The largest absolute Gasteiger partial charge is 0.497 e. The molecular weight excluding hydrogens is 286 g/mol. The standard InChI is InChI=1S/C12H12F2N4O3/c1-5(10-16-12(20)18-17-10)15-11(19)9-7(13)3-6(21-2)4-8(9)14/h3-5H,1-2H3,(H,15,19)(H2,16,17,18,20)/t5-/m0/s1. The van der Waals surface area contributed by atoms with Gasteiger partial charge in [-0.1, -0.05) is 0 Å². The van der Waals surface area contributed by atoms with Gasteiger partial charge < -0.3 is 10.1 Å². The summed E-state index contributed by atoms with van der Waals surface area (Å²) in [6.07, 6.45) is 0. The number of aromatic amines is 2. The second-order valence-electron chi connectivity index (χ2n) is 4.22. The zero-order chi connectivity index (χ0) is 15.6. The molecule has 7 nitrogen and oxygen atoms in total. The van der Waals surface area contributed by atoms with E-state index in [0.29, 0.717) is 0 Å². The molecule has 3 N–H and O–H groups in total. The van der Waals surface area contributed by atoms with Crippen LogP contribution in [-0.4, -0.2) is 28.2 Å². The van der Waals surface area contributed by atoms with E-state index >= 15 is 0 Å². The van der Waals surface area contributed by atoms with Gasteiger partial charge in [0, 0.05) is 12.1 Å². The van der Waals surface area contributed by atoms with Crippen molar-refractivity contribution < 1.29 is 18.3 Å². The van der Waals surface area contributed by atoms with Crippen LogP contribution in [0.2, 0.25) is 0 Å². The molecule has 0 aliphatic rings. The number of benzene rings is 1. The van der Waals surface area contributed by atoms with Crippen molar-refractivity contribution in [2.24, 2.45) is 0 Å². The van der Waals surface area contributed by atoms with Crippen LogP contribution in [0.4, 0.5) is 8.78 Å². The van der Waals surface area contributed by atoms with Gasteiger partial charge in [0.25, 0.3) is 5.91 Å². The van der Waals surface area contributed by atoms with E-state index in [1.165, 1.54) is 14.0 Å². The Morgan fingerprint density at radius 2 is 2.00 bits per heavy atom. The van der Waals surface area contributed by atoms with E-state index in [2.05, 4.69) is 20.5 Å². The van der Waals surface area contributed by atoms with Gasteiger partial charge in [0.05, 0.1) is 13.2 Å². The molecule has 0 saturated heterocycles. The Labute approximate surface area is 117 Å². The van der Waals surface area contributed by atoms with E-state index in [4.69, 9.17) is 4.74 Å². The number of methoxy groups -OCH3 is 1. The van der Waals surface area contributed by atoms with E-state index < -0.39 is 34.8 Å². The molecule has 2 aromatic rings. The molecule has 1 amide bonds. The Morgan fingerprint density at radius 3 is 2.48 bits per heavy atom. The second kappa shape index (κ2) is 5.73. The summed E-state index contributed by atoms with van der Waals surface area (Å²) in [4.78, 5) is 25.2. The first-order valence-electron chi connectivity index (χ1n) is 5.91. The number of halogens is 2. The molecule has 112 valence electrons. The Bertz CT molecular complexity index is 702. The Hall–Kier alpha value is -2.71. The fourth-order valence-electron chi connectivity index (χ4n) is 1.71. The highest BCUT2D eigenvalue weighted by atomic mass is 19.1. The number of nitrogens with one attached hydrogen (secondary N) is 3. The highest BCUT2D eigenvalue weighted by Crippen LogP contribution is 2.21. The predicted octanol–water partition coefficient (Wildman–Crippen LogP) is 0.876. The average molecular weight is 298 g/mol. The first-order valence-corrected chi connectivity index (χ1v) is 5.91. The summed E-state index contributed by atoms with van der Waals surface area (Å²) in [5.74, 6) is -2.96. The van der Waals surface area contributed by atoms with Crippen molar-refractivity contribution in [3.63, 3.8) is 0 Å². The number of amides is 1. The third-order valence-electron chi connectivity index (χ3n) is 2.76. The van der Waals surface area contributed by atoms with Crippen LogP contribution >= 0.6 is 0 Å². The smallest absolute Gasteiger partial charge is 0.340 e. The lowest BCUT2D eigenvalue weighted by Gasteiger charge is -2.12. The topological polar surface area (TPSA) is 99.9 Å². The summed E-state index contributed by atoms with van der Waals surface area (Å²) in [6.45, 7) is 1.50. The molecule has 0 bridgehead atoms. The van der Waals surface area contributed by atoms with Gasteiger partial charge in [-0.05, 0) is 6.92 Å². The number of rotatable bonds is 4. The highest BCUT2D eigenvalue weighted by molar-refractivity contribution is 5.95. The highest BCUT2D eigenvalue weighted by Gasteiger charge is 2.22. The zero-order valence-electron chi connectivity index (χ0n) is 11.2. The van der Waals surface area contributed by atoms with Crippen molar-refractivity contribution in [2.75, 3.05) is 7.11 Å². The van der Waals surface area contributed by atoms with Gasteiger partial charge in [0.2, 0.25) is 0 Å². The first kappa shape index (κ1) is 14.7. The molecule has 0 unspecified atom stereocenters. The lowest BCUT2D eigenvalue weighted by molar-refractivity contribution is 0.0929. The molecule has 2 rings (SSSR count). The second-order valence-corrected chi connectivity index (χ2v) is 4.22. The van der Waals surface area contributed by atoms with Crippen molar-refractivity contribution in [1.29, 1.82) is 0 Å². The van der Waals surface area contributed by atoms with Crippen molar-refractivity contribution in [2.45, 2.75) is 13.0 Å². The number of hydrogen-bond acceptors (Lipinski definition) is 4. The van der Waals surface area contributed by atoms with Crippen LogP contribution in [0.25, 0.3) is 0 Å². The fraction of sp³-hybridized carbons (Fsp3) is 0.250. The van der Waals surface area contributed by atoms with Crippen molar-refractivity contribution in [3.8, 4) is 5.75 Å². The van der Waals surface area contributed by atoms with Gasteiger partial charge in [-0.25, -0.2) is 18.7 Å². The molecule has 1 aromatic carbocycles.